The number of hydrogen-bond acceptors (Lipinski definition) is 3. The number of aromatic nitrogens is 2. The van der Waals surface area contributed by atoms with E-state index in [1.54, 1.807) is 16.8 Å². The van der Waals surface area contributed by atoms with E-state index in [0.29, 0.717) is 6.54 Å². The lowest BCUT2D eigenvalue weighted by Crippen LogP contribution is -2.37. The van der Waals surface area contributed by atoms with Gasteiger partial charge in [-0.15, -0.1) is 12.4 Å². The van der Waals surface area contributed by atoms with Gasteiger partial charge in [-0.05, 0) is 52.1 Å². The monoisotopic (exact) mass is 354 g/mol. The number of nitrogens with one attached hydrogen (secondary N) is 2. The fourth-order valence-corrected chi connectivity index (χ4v) is 2.36. The van der Waals surface area contributed by atoms with Crippen molar-refractivity contribution in [2.45, 2.75) is 33.2 Å². The quantitative estimate of drug-likeness (QED) is 0.837. The van der Waals surface area contributed by atoms with Crippen molar-refractivity contribution in [3.8, 4) is 5.69 Å². The Bertz CT molecular complexity index is 685. The van der Waals surface area contributed by atoms with Crippen LogP contribution in [0, 0.1) is 19.7 Å². The zero-order valence-electron chi connectivity index (χ0n) is 14.4. The van der Waals surface area contributed by atoms with Gasteiger partial charge in [-0.1, -0.05) is 0 Å². The number of nitrogens with zero attached hydrogens (tertiary/aromatic N) is 2. The maximum atomic E-state index is 13.1. The number of carbonyl (C=O) groups is 1. The molecule has 5 nitrogen and oxygen atoms in total. The number of carbonyl (C=O) groups excluding carboxylic acids is 1. The van der Waals surface area contributed by atoms with Crippen LogP contribution in [0.25, 0.3) is 5.69 Å². The maximum absolute atomic E-state index is 13.1. The molecule has 0 radical (unpaired) electrons. The number of benzene rings is 1. The van der Waals surface area contributed by atoms with Crippen molar-refractivity contribution in [3.05, 3.63) is 47.0 Å². The lowest BCUT2D eigenvalue weighted by Gasteiger charge is -2.11. The molecule has 24 heavy (non-hydrogen) atoms. The molecule has 1 amide bonds. The summed E-state index contributed by atoms with van der Waals surface area (Å²) < 4.78 is 14.8. The predicted molar refractivity (Wildman–Crippen MR) is 95.5 cm³/mol. The molecule has 0 fully saturated rings. The molecule has 1 unspecified atom stereocenters. The van der Waals surface area contributed by atoms with Crippen molar-refractivity contribution in [1.29, 1.82) is 0 Å². The van der Waals surface area contributed by atoms with Gasteiger partial charge in [0.25, 0.3) is 0 Å². The average molecular weight is 355 g/mol. The normalized spacial score (nSPS) is 11.7. The topological polar surface area (TPSA) is 58.9 Å². The summed E-state index contributed by atoms with van der Waals surface area (Å²) in [5, 5.41) is 10.5. The number of halogens is 2. The van der Waals surface area contributed by atoms with E-state index in [4.69, 9.17) is 0 Å². The molecular weight excluding hydrogens is 331 g/mol. The first-order valence-electron chi connectivity index (χ1n) is 7.67. The second-order valence-corrected chi connectivity index (χ2v) is 5.71. The third-order valence-corrected chi connectivity index (χ3v) is 3.95. The molecule has 2 N–H and O–H groups in total. The van der Waals surface area contributed by atoms with Crippen LogP contribution in [0.1, 0.15) is 23.9 Å². The lowest BCUT2D eigenvalue weighted by molar-refractivity contribution is -0.120. The molecular formula is C17H24ClFN4O. The third kappa shape index (κ3) is 4.79. The highest BCUT2D eigenvalue weighted by atomic mass is 35.5. The first-order valence-corrected chi connectivity index (χ1v) is 7.67. The molecule has 0 saturated carbocycles. The third-order valence-electron chi connectivity index (χ3n) is 3.95. The van der Waals surface area contributed by atoms with Gasteiger partial charge in [0, 0.05) is 23.8 Å². The molecule has 2 rings (SSSR count). The molecule has 0 spiro atoms. The van der Waals surface area contributed by atoms with Crippen LogP contribution in [0.5, 0.6) is 0 Å². The minimum absolute atomic E-state index is 0. The van der Waals surface area contributed by atoms with Crippen LogP contribution >= 0.6 is 12.4 Å². The summed E-state index contributed by atoms with van der Waals surface area (Å²) in [6.45, 7) is 6.39. The van der Waals surface area contributed by atoms with Crippen LogP contribution < -0.4 is 10.6 Å². The number of aryl methyl sites for hydroxylation is 1. The average Bonchev–Trinajstić information content (AvgIpc) is 2.81. The Kier molecular flexibility index (Phi) is 7.38. The van der Waals surface area contributed by atoms with E-state index in [9.17, 15) is 9.18 Å². The molecule has 132 valence electrons. The SMILES string of the molecule is CNC(C)CNC(=O)Cc1c(C)nn(-c2ccc(F)cc2)c1C.Cl. The Morgan fingerprint density at radius 3 is 2.50 bits per heavy atom. The van der Waals surface area contributed by atoms with Crippen molar-refractivity contribution in [1.82, 2.24) is 20.4 Å². The maximum Gasteiger partial charge on any atom is 0.224 e. The van der Waals surface area contributed by atoms with E-state index in [-0.39, 0.29) is 36.6 Å². The van der Waals surface area contributed by atoms with Crippen LogP contribution in [0.4, 0.5) is 4.39 Å². The van der Waals surface area contributed by atoms with E-state index in [1.165, 1.54) is 12.1 Å². The van der Waals surface area contributed by atoms with Crippen molar-refractivity contribution in [2.75, 3.05) is 13.6 Å². The molecule has 1 aromatic heterocycles. The Hall–Kier alpha value is -1.92. The highest BCUT2D eigenvalue weighted by molar-refractivity contribution is 5.85. The molecule has 0 aliphatic carbocycles. The van der Waals surface area contributed by atoms with Gasteiger partial charge in [0.2, 0.25) is 5.91 Å². The smallest absolute Gasteiger partial charge is 0.224 e. The predicted octanol–water partition coefficient (Wildman–Crippen LogP) is 2.32. The highest BCUT2D eigenvalue weighted by Gasteiger charge is 2.16. The van der Waals surface area contributed by atoms with Crippen molar-refractivity contribution in [2.24, 2.45) is 0 Å². The molecule has 1 aromatic carbocycles. The van der Waals surface area contributed by atoms with Crippen molar-refractivity contribution >= 4 is 18.3 Å². The molecule has 0 aliphatic heterocycles. The summed E-state index contributed by atoms with van der Waals surface area (Å²) in [4.78, 5) is 12.1. The van der Waals surface area contributed by atoms with Crippen LogP contribution in [0.2, 0.25) is 0 Å². The van der Waals surface area contributed by atoms with Crippen LogP contribution in [0.15, 0.2) is 24.3 Å². The number of hydrogen-bond donors (Lipinski definition) is 2. The fraction of sp³-hybridized carbons (Fsp3) is 0.412. The fourth-order valence-electron chi connectivity index (χ4n) is 2.36. The standard InChI is InChI=1S/C17H23FN4O.ClH/c1-11(19-4)10-20-17(23)9-16-12(2)21-22(13(16)3)15-7-5-14(18)6-8-15;/h5-8,11,19H,9-10H2,1-4H3,(H,20,23);1H. The van der Waals surface area contributed by atoms with Crippen LogP contribution in [-0.4, -0.2) is 35.3 Å². The number of amides is 1. The Morgan fingerprint density at radius 2 is 1.92 bits per heavy atom. The molecule has 0 aliphatic rings. The number of rotatable bonds is 6. The van der Waals surface area contributed by atoms with Crippen LogP contribution in [-0.2, 0) is 11.2 Å². The largest absolute Gasteiger partial charge is 0.354 e. The second kappa shape index (κ2) is 8.80. The van der Waals surface area contributed by atoms with Crippen molar-refractivity contribution < 1.29 is 9.18 Å². The van der Waals surface area contributed by atoms with Gasteiger partial charge in [0.05, 0.1) is 17.8 Å². The lowest BCUT2D eigenvalue weighted by atomic mass is 10.1. The van der Waals surface area contributed by atoms with Crippen LogP contribution in [0.3, 0.4) is 0 Å². The molecule has 1 heterocycles. The zero-order valence-corrected chi connectivity index (χ0v) is 15.2. The van der Waals surface area contributed by atoms with E-state index in [0.717, 1.165) is 22.6 Å². The number of likely N-dealkylation sites (N-methyl/N-ethyl adjacent to an activating group) is 1. The first kappa shape index (κ1) is 20.1. The first-order chi connectivity index (χ1) is 10.9. The van der Waals surface area contributed by atoms with Gasteiger partial charge in [-0.2, -0.15) is 5.10 Å². The summed E-state index contributed by atoms with van der Waals surface area (Å²) in [7, 11) is 1.86. The van der Waals surface area contributed by atoms with E-state index in [2.05, 4.69) is 15.7 Å². The minimum atomic E-state index is -0.284. The Morgan fingerprint density at radius 1 is 1.29 bits per heavy atom. The minimum Gasteiger partial charge on any atom is -0.354 e. The Labute approximate surface area is 148 Å². The molecule has 7 heteroatoms. The highest BCUT2D eigenvalue weighted by Crippen LogP contribution is 2.18. The van der Waals surface area contributed by atoms with Gasteiger partial charge >= 0.3 is 0 Å². The van der Waals surface area contributed by atoms with Gasteiger partial charge < -0.3 is 10.6 Å². The molecule has 0 bridgehead atoms. The summed E-state index contributed by atoms with van der Waals surface area (Å²) in [5.74, 6) is -0.314. The van der Waals surface area contributed by atoms with Gasteiger partial charge in [0.15, 0.2) is 0 Å². The molecule has 1 atom stereocenters. The summed E-state index contributed by atoms with van der Waals surface area (Å²) >= 11 is 0. The summed E-state index contributed by atoms with van der Waals surface area (Å²) in [6, 6.07) is 6.37. The van der Waals surface area contributed by atoms with Gasteiger partial charge in [-0.25, -0.2) is 9.07 Å². The van der Waals surface area contributed by atoms with Gasteiger partial charge in [-0.3, -0.25) is 4.79 Å². The van der Waals surface area contributed by atoms with E-state index < -0.39 is 0 Å². The van der Waals surface area contributed by atoms with Crippen molar-refractivity contribution in [3.63, 3.8) is 0 Å². The summed E-state index contributed by atoms with van der Waals surface area (Å²) in [6.07, 6.45) is 0.287. The Balaban J connectivity index is 0.00000288. The van der Waals surface area contributed by atoms with E-state index >= 15 is 0 Å². The second-order valence-electron chi connectivity index (χ2n) is 5.71. The van der Waals surface area contributed by atoms with E-state index in [1.807, 2.05) is 27.8 Å². The molecule has 2 aromatic rings. The van der Waals surface area contributed by atoms with Gasteiger partial charge in [0.1, 0.15) is 5.82 Å². The molecule has 0 saturated heterocycles. The zero-order chi connectivity index (χ0) is 17.0. The summed E-state index contributed by atoms with van der Waals surface area (Å²) in [5.41, 5.74) is 3.39.